The number of benzene rings is 1. The minimum absolute atomic E-state index is 0.0232. The second-order valence-electron chi connectivity index (χ2n) is 3.02. The number of ether oxygens (including phenoxy) is 1. The third-order valence-electron chi connectivity index (χ3n) is 2.09. The molecule has 0 bridgehead atoms. The van der Waals surface area contributed by atoms with Crippen molar-refractivity contribution < 1.29 is 14.5 Å². The first-order valence-electron chi connectivity index (χ1n) is 4.40. The maximum Gasteiger partial charge on any atom is 0.339 e. The van der Waals surface area contributed by atoms with Gasteiger partial charge in [0, 0.05) is 17.0 Å². The Bertz CT molecular complexity index is 522. The van der Waals surface area contributed by atoms with E-state index >= 15 is 0 Å². The lowest BCUT2D eigenvalue weighted by atomic mass is 10.0. The quantitative estimate of drug-likeness (QED) is 0.369. The molecule has 0 aliphatic carbocycles. The molecule has 0 atom stereocenters. The topological polar surface area (TPSA) is 93.2 Å². The Morgan fingerprint density at radius 3 is 2.71 bits per heavy atom. The predicted molar refractivity (Wildman–Crippen MR) is 61.8 cm³/mol. The minimum atomic E-state index is -0.696. The number of methoxy groups -OCH3 is 1. The zero-order chi connectivity index (χ0) is 13.0. The highest BCUT2D eigenvalue weighted by Gasteiger charge is 2.21. The van der Waals surface area contributed by atoms with Crippen LogP contribution in [0.5, 0.6) is 0 Å². The van der Waals surface area contributed by atoms with Gasteiger partial charge >= 0.3 is 5.97 Å². The second kappa shape index (κ2) is 5.41. The normalized spacial score (nSPS) is 9.47. The summed E-state index contributed by atoms with van der Waals surface area (Å²) >= 11 is 3.09. The molecule has 88 valence electrons. The monoisotopic (exact) mass is 298 g/mol. The summed E-state index contributed by atoms with van der Waals surface area (Å²) in [5.74, 6) is -0.696. The van der Waals surface area contributed by atoms with Crippen LogP contribution < -0.4 is 0 Å². The van der Waals surface area contributed by atoms with E-state index in [4.69, 9.17) is 5.26 Å². The summed E-state index contributed by atoms with van der Waals surface area (Å²) in [7, 11) is 1.18. The summed E-state index contributed by atoms with van der Waals surface area (Å²) in [6, 6.07) is 4.10. The van der Waals surface area contributed by atoms with Gasteiger partial charge in [0.25, 0.3) is 5.69 Å². The molecular weight excluding hydrogens is 292 g/mol. The van der Waals surface area contributed by atoms with Gasteiger partial charge < -0.3 is 4.74 Å². The average molecular weight is 299 g/mol. The minimum Gasteiger partial charge on any atom is -0.465 e. The fourth-order valence-electron chi connectivity index (χ4n) is 1.28. The molecule has 0 heterocycles. The lowest BCUT2D eigenvalue weighted by Crippen LogP contribution is -2.06. The first kappa shape index (κ1) is 13.1. The van der Waals surface area contributed by atoms with E-state index in [2.05, 4.69) is 20.7 Å². The van der Waals surface area contributed by atoms with E-state index in [-0.39, 0.29) is 22.1 Å². The van der Waals surface area contributed by atoms with Crippen LogP contribution in [-0.2, 0) is 10.1 Å². The summed E-state index contributed by atoms with van der Waals surface area (Å²) in [6.07, 6.45) is 0. The summed E-state index contributed by atoms with van der Waals surface area (Å²) in [4.78, 5) is 21.5. The summed E-state index contributed by atoms with van der Waals surface area (Å²) < 4.78 is 4.50. The Morgan fingerprint density at radius 1 is 1.65 bits per heavy atom. The molecular formula is C10H7BrN2O4. The number of hydrogen-bond donors (Lipinski definition) is 0. The fourth-order valence-corrected chi connectivity index (χ4v) is 1.73. The molecule has 0 amide bonds. The number of nitro groups is 1. The second-order valence-corrected chi connectivity index (χ2v) is 3.58. The molecule has 0 saturated heterocycles. The van der Waals surface area contributed by atoms with Crippen molar-refractivity contribution in [3.8, 4) is 6.07 Å². The Hall–Kier alpha value is -1.94. The predicted octanol–water partition coefficient (Wildman–Crippen LogP) is 2.15. The number of alkyl halides is 1. The van der Waals surface area contributed by atoms with Crippen molar-refractivity contribution >= 4 is 27.6 Å². The lowest BCUT2D eigenvalue weighted by Gasteiger charge is -2.05. The smallest absolute Gasteiger partial charge is 0.339 e. The van der Waals surface area contributed by atoms with Crippen molar-refractivity contribution in [1.82, 2.24) is 0 Å². The van der Waals surface area contributed by atoms with E-state index in [0.717, 1.165) is 6.07 Å². The van der Waals surface area contributed by atoms with Gasteiger partial charge in [0.2, 0.25) is 0 Å². The number of carbonyl (C=O) groups excluding carboxylic acids is 1. The SMILES string of the molecule is COC(=O)c1cc(CBr)c([N+](=O)[O-])cc1C#N. The highest BCUT2D eigenvalue weighted by atomic mass is 79.9. The highest BCUT2D eigenvalue weighted by Crippen LogP contribution is 2.25. The van der Waals surface area contributed by atoms with Gasteiger partial charge in [0.05, 0.1) is 23.2 Å². The van der Waals surface area contributed by atoms with E-state index < -0.39 is 10.9 Å². The molecule has 1 rings (SSSR count). The molecule has 1 aromatic rings. The van der Waals surface area contributed by atoms with Crippen molar-refractivity contribution in [2.45, 2.75) is 5.33 Å². The molecule has 0 aliphatic heterocycles. The van der Waals surface area contributed by atoms with Crippen LogP contribution in [0.2, 0.25) is 0 Å². The van der Waals surface area contributed by atoms with E-state index in [1.807, 2.05) is 0 Å². The fraction of sp³-hybridized carbons (Fsp3) is 0.200. The molecule has 0 fully saturated rings. The molecule has 0 aliphatic rings. The van der Waals surface area contributed by atoms with Crippen molar-refractivity contribution in [2.24, 2.45) is 0 Å². The van der Waals surface area contributed by atoms with E-state index in [9.17, 15) is 14.9 Å². The largest absolute Gasteiger partial charge is 0.465 e. The third-order valence-corrected chi connectivity index (χ3v) is 2.69. The standard InChI is InChI=1S/C10H7BrN2O4/c1-17-10(14)8-2-6(4-11)9(13(15)16)3-7(8)5-12/h2-3H,4H2,1H3. The van der Waals surface area contributed by atoms with Gasteiger partial charge in [-0.3, -0.25) is 10.1 Å². The number of nitriles is 1. The maximum atomic E-state index is 11.4. The van der Waals surface area contributed by atoms with Crippen LogP contribution in [0.25, 0.3) is 0 Å². The number of nitrogens with zero attached hydrogens (tertiary/aromatic N) is 2. The molecule has 0 unspecified atom stereocenters. The van der Waals surface area contributed by atoms with Crippen LogP contribution in [-0.4, -0.2) is 18.0 Å². The molecule has 0 saturated carbocycles. The molecule has 6 nitrogen and oxygen atoms in total. The Balaban J connectivity index is 3.50. The number of carbonyl (C=O) groups is 1. The van der Waals surface area contributed by atoms with Crippen LogP contribution >= 0.6 is 15.9 Å². The van der Waals surface area contributed by atoms with Gasteiger partial charge in [-0.25, -0.2) is 4.79 Å². The van der Waals surface area contributed by atoms with Gasteiger partial charge in [-0.1, -0.05) is 15.9 Å². The van der Waals surface area contributed by atoms with Crippen LogP contribution in [0.15, 0.2) is 12.1 Å². The number of esters is 1. The highest BCUT2D eigenvalue weighted by molar-refractivity contribution is 9.08. The van der Waals surface area contributed by atoms with Gasteiger partial charge in [-0.05, 0) is 6.07 Å². The molecule has 0 radical (unpaired) electrons. The Kier molecular flexibility index (Phi) is 4.17. The molecule has 0 N–H and O–H groups in total. The molecule has 0 aromatic heterocycles. The molecule has 1 aromatic carbocycles. The molecule has 0 spiro atoms. The van der Waals surface area contributed by atoms with E-state index in [1.165, 1.54) is 13.2 Å². The van der Waals surface area contributed by atoms with Crippen molar-refractivity contribution in [3.05, 3.63) is 38.9 Å². The van der Waals surface area contributed by atoms with Crippen molar-refractivity contribution in [3.63, 3.8) is 0 Å². The van der Waals surface area contributed by atoms with Crippen LogP contribution in [0.3, 0.4) is 0 Å². The van der Waals surface area contributed by atoms with Gasteiger partial charge in [0.15, 0.2) is 0 Å². The van der Waals surface area contributed by atoms with Crippen LogP contribution in [0.4, 0.5) is 5.69 Å². The van der Waals surface area contributed by atoms with Gasteiger partial charge in [-0.2, -0.15) is 5.26 Å². The summed E-state index contributed by atoms with van der Waals surface area (Å²) in [5, 5.41) is 19.8. The van der Waals surface area contributed by atoms with Crippen molar-refractivity contribution in [1.29, 1.82) is 5.26 Å². The third kappa shape index (κ3) is 2.60. The first-order valence-corrected chi connectivity index (χ1v) is 5.53. The summed E-state index contributed by atoms with van der Waals surface area (Å²) in [5.41, 5.74) is 0.0591. The Morgan fingerprint density at radius 2 is 2.29 bits per heavy atom. The maximum absolute atomic E-state index is 11.4. The van der Waals surface area contributed by atoms with Crippen LogP contribution in [0.1, 0.15) is 21.5 Å². The first-order chi connectivity index (χ1) is 8.04. The zero-order valence-corrected chi connectivity index (χ0v) is 10.4. The van der Waals surface area contributed by atoms with Gasteiger partial charge in [-0.15, -0.1) is 0 Å². The number of hydrogen-bond acceptors (Lipinski definition) is 5. The zero-order valence-electron chi connectivity index (χ0n) is 8.77. The molecule has 17 heavy (non-hydrogen) atoms. The Labute approximate surface area is 105 Å². The summed E-state index contributed by atoms with van der Waals surface area (Å²) in [6.45, 7) is 0. The van der Waals surface area contributed by atoms with E-state index in [1.54, 1.807) is 6.07 Å². The number of nitro benzene ring substituents is 1. The van der Waals surface area contributed by atoms with E-state index in [0.29, 0.717) is 5.56 Å². The number of rotatable bonds is 3. The average Bonchev–Trinajstić information content (AvgIpc) is 2.35. The van der Waals surface area contributed by atoms with Gasteiger partial charge in [0.1, 0.15) is 6.07 Å². The molecule has 7 heteroatoms. The van der Waals surface area contributed by atoms with Crippen LogP contribution in [0, 0.1) is 21.4 Å². The van der Waals surface area contributed by atoms with Crippen molar-refractivity contribution in [2.75, 3.05) is 7.11 Å². The number of halogens is 1. The lowest BCUT2D eigenvalue weighted by molar-refractivity contribution is -0.385.